The molecule has 4 rings (SSSR count). The molecule has 35 heavy (non-hydrogen) atoms. The van der Waals surface area contributed by atoms with Crippen LogP contribution in [-0.2, 0) is 29.8 Å². The minimum atomic E-state index is -3.70. The molecule has 2 saturated heterocycles. The quantitative estimate of drug-likeness (QED) is 0.479. The zero-order valence-electron chi connectivity index (χ0n) is 19.5. The van der Waals surface area contributed by atoms with Crippen LogP contribution in [0.2, 0.25) is 0 Å². The van der Waals surface area contributed by atoms with Crippen LogP contribution in [0.1, 0.15) is 54.9 Å². The minimum Gasteiger partial charge on any atom is -0.377 e. The van der Waals surface area contributed by atoms with Crippen LogP contribution in [0.25, 0.3) is 0 Å². The van der Waals surface area contributed by atoms with E-state index in [2.05, 4.69) is 15.4 Å². The van der Waals surface area contributed by atoms with Gasteiger partial charge in [0, 0.05) is 30.8 Å². The number of imide groups is 1. The van der Waals surface area contributed by atoms with Crippen LogP contribution in [0.5, 0.6) is 0 Å². The van der Waals surface area contributed by atoms with E-state index >= 15 is 0 Å². The molecule has 0 aliphatic carbocycles. The lowest BCUT2D eigenvalue weighted by molar-refractivity contribution is -0.138. The van der Waals surface area contributed by atoms with E-state index in [1.54, 1.807) is 24.3 Å². The van der Waals surface area contributed by atoms with Crippen LogP contribution in [0.4, 0.5) is 5.69 Å². The van der Waals surface area contributed by atoms with E-state index in [9.17, 15) is 22.8 Å². The molecule has 2 heterocycles. The van der Waals surface area contributed by atoms with Gasteiger partial charge in [-0.2, -0.15) is 0 Å². The number of anilines is 1. The average Bonchev–Trinajstić information content (AvgIpc) is 3.38. The summed E-state index contributed by atoms with van der Waals surface area (Å²) in [4.78, 5) is 36.9. The van der Waals surface area contributed by atoms with E-state index in [0.717, 1.165) is 18.4 Å². The fourth-order valence-corrected chi connectivity index (χ4v) is 5.59. The maximum absolute atomic E-state index is 12.7. The van der Waals surface area contributed by atoms with Gasteiger partial charge in [-0.3, -0.25) is 19.7 Å². The van der Waals surface area contributed by atoms with E-state index in [1.807, 2.05) is 6.92 Å². The molecule has 3 N–H and O–H groups in total. The molecule has 0 saturated carbocycles. The number of amides is 3. The van der Waals surface area contributed by atoms with Crippen molar-refractivity contribution in [2.24, 2.45) is 0 Å². The van der Waals surface area contributed by atoms with Crippen LogP contribution < -0.4 is 15.4 Å². The Labute approximate surface area is 204 Å². The molecule has 0 spiro atoms. The van der Waals surface area contributed by atoms with Gasteiger partial charge in [0.1, 0.15) is 0 Å². The third-order valence-electron chi connectivity index (χ3n) is 6.72. The van der Waals surface area contributed by atoms with Crippen molar-refractivity contribution in [2.45, 2.75) is 55.4 Å². The number of sulfonamides is 1. The number of hydrogen-bond donors (Lipinski definition) is 3. The standard InChI is InChI=1S/C25H29N3O6S/c1-2-25(14-13-22(29)28-24(25)31)18-7-9-19(10-8-18)27-23(30)17-5-11-21(12-6-17)35(32,33)26-16-20-4-3-15-34-20/h5-12,20,26H,2-4,13-16H2,1H3,(H,27,30)(H,28,29,31). The van der Waals surface area contributed by atoms with Crippen LogP contribution in [0.3, 0.4) is 0 Å². The first-order valence-corrected chi connectivity index (χ1v) is 13.2. The Morgan fingerprint density at radius 2 is 1.83 bits per heavy atom. The smallest absolute Gasteiger partial charge is 0.255 e. The number of carbonyl (C=O) groups excluding carboxylic acids is 3. The van der Waals surface area contributed by atoms with Gasteiger partial charge in [-0.25, -0.2) is 13.1 Å². The van der Waals surface area contributed by atoms with Gasteiger partial charge in [-0.1, -0.05) is 19.1 Å². The lowest BCUT2D eigenvalue weighted by atomic mass is 9.72. The second kappa shape index (κ2) is 10.3. The number of hydrogen-bond acceptors (Lipinski definition) is 6. The minimum absolute atomic E-state index is 0.0745. The summed E-state index contributed by atoms with van der Waals surface area (Å²) in [6.07, 6.45) is 2.92. The lowest BCUT2D eigenvalue weighted by Crippen LogP contribution is -2.51. The molecule has 9 nitrogen and oxygen atoms in total. The Hall–Kier alpha value is -3.08. The normalized spacial score (nSPS) is 22.6. The molecule has 2 atom stereocenters. The largest absolute Gasteiger partial charge is 0.377 e. The summed E-state index contributed by atoms with van der Waals surface area (Å²) in [7, 11) is -3.70. The Morgan fingerprint density at radius 3 is 2.43 bits per heavy atom. The third-order valence-corrected chi connectivity index (χ3v) is 8.16. The predicted octanol–water partition coefficient (Wildman–Crippen LogP) is 2.48. The van der Waals surface area contributed by atoms with Crippen LogP contribution in [-0.4, -0.2) is 45.4 Å². The number of nitrogens with one attached hydrogen (secondary N) is 3. The SMILES string of the molecule is CCC1(c2ccc(NC(=O)c3ccc(S(=O)(=O)NCC4CCCO4)cc3)cc2)CCC(=O)NC1=O. The molecule has 0 bridgehead atoms. The highest BCUT2D eigenvalue weighted by atomic mass is 32.2. The first kappa shape index (κ1) is 25.0. The van der Waals surface area contributed by atoms with Gasteiger partial charge in [0.25, 0.3) is 5.91 Å². The number of carbonyl (C=O) groups is 3. The zero-order valence-corrected chi connectivity index (χ0v) is 20.3. The van der Waals surface area contributed by atoms with E-state index < -0.39 is 15.4 Å². The Morgan fingerprint density at radius 1 is 1.11 bits per heavy atom. The summed E-state index contributed by atoms with van der Waals surface area (Å²) in [5, 5.41) is 5.21. The van der Waals surface area contributed by atoms with Crippen molar-refractivity contribution in [3.8, 4) is 0 Å². The maximum Gasteiger partial charge on any atom is 0.255 e. The average molecular weight is 500 g/mol. The second-order valence-electron chi connectivity index (χ2n) is 8.86. The van der Waals surface area contributed by atoms with Crippen LogP contribution >= 0.6 is 0 Å². The Kier molecular flexibility index (Phi) is 7.34. The second-order valence-corrected chi connectivity index (χ2v) is 10.6. The molecule has 0 radical (unpaired) electrons. The van der Waals surface area contributed by atoms with E-state index in [1.165, 1.54) is 24.3 Å². The predicted molar refractivity (Wildman–Crippen MR) is 129 cm³/mol. The van der Waals surface area contributed by atoms with E-state index in [-0.39, 0.29) is 41.7 Å². The van der Waals surface area contributed by atoms with Gasteiger partial charge in [-0.05, 0) is 67.6 Å². The van der Waals surface area contributed by atoms with Crippen molar-refractivity contribution in [2.75, 3.05) is 18.5 Å². The van der Waals surface area contributed by atoms with E-state index in [4.69, 9.17) is 4.74 Å². The molecule has 2 unspecified atom stereocenters. The van der Waals surface area contributed by atoms with Gasteiger partial charge in [-0.15, -0.1) is 0 Å². The summed E-state index contributed by atoms with van der Waals surface area (Å²) in [6, 6.07) is 12.7. The first-order valence-electron chi connectivity index (χ1n) is 11.7. The number of benzene rings is 2. The monoisotopic (exact) mass is 499 g/mol. The third kappa shape index (κ3) is 5.44. The molecule has 186 valence electrons. The summed E-state index contributed by atoms with van der Waals surface area (Å²) in [6.45, 7) is 2.78. The number of rotatable bonds is 8. The number of ether oxygens (including phenoxy) is 1. The van der Waals surface area contributed by atoms with Crippen molar-refractivity contribution < 1.29 is 27.5 Å². The lowest BCUT2D eigenvalue weighted by Gasteiger charge is -2.35. The first-order chi connectivity index (χ1) is 16.7. The van der Waals surface area contributed by atoms with Gasteiger partial charge >= 0.3 is 0 Å². The van der Waals surface area contributed by atoms with Crippen LogP contribution in [0, 0.1) is 0 Å². The topological polar surface area (TPSA) is 131 Å². The molecule has 2 fully saturated rings. The highest BCUT2D eigenvalue weighted by Crippen LogP contribution is 2.36. The molecular weight excluding hydrogens is 470 g/mol. The van der Waals surface area contributed by atoms with Crippen molar-refractivity contribution in [3.63, 3.8) is 0 Å². The zero-order chi connectivity index (χ0) is 25.1. The Balaban J connectivity index is 1.39. The molecule has 2 aliphatic rings. The van der Waals surface area contributed by atoms with Gasteiger partial charge < -0.3 is 10.1 Å². The van der Waals surface area contributed by atoms with E-state index in [0.29, 0.717) is 30.7 Å². The van der Waals surface area contributed by atoms with Crippen molar-refractivity contribution in [3.05, 3.63) is 59.7 Å². The van der Waals surface area contributed by atoms with Crippen LogP contribution in [0.15, 0.2) is 53.4 Å². The fraction of sp³-hybridized carbons (Fsp3) is 0.400. The van der Waals surface area contributed by atoms with Gasteiger partial charge in [0.15, 0.2) is 0 Å². The Bertz CT molecular complexity index is 1200. The molecule has 2 aromatic rings. The molecule has 2 aliphatic heterocycles. The van der Waals surface area contributed by atoms with Gasteiger partial charge in [0.2, 0.25) is 21.8 Å². The molecule has 10 heteroatoms. The molecular formula is C25H29N3O6S. The number of piperidine rings is 1. The summed E-state index contributed by atoms with van der Waals surface area (Å²) >= 11 is 0. The molecule has 3 amide bonds. The maximum atomic E-state index is 12.7. The van der Waals surface area contributed by atoms with Crippen molar-refractivity contribution in [1.29, 1.82) is 0 Å². The van der Waals surface area contributed by atoms with Crippen molar-refractivity contribution in [1.82, 2.24) is 10.0 Å². The molecule has 2 aromatic carbocycles. The van der Waals surface area contributed by atoms with Gasteiger partial charge in [0.05, 0.1) is 16.4 Å². The highest BCUT2D eigenvalue weighted by Gasteiger charge is 2.42. The molecule has 0 aromatic heterocycles. The van der Waals surface area contributed by atoms with Crippen molar-refractivity contribution >= 4 is 33.4 Å². The highest BCUT2D eigenvalue weighted by molar-refractivity contribution is 7.89. The summed E-state index contributed by atoms with van der Waals surface area (Å²) in [5.41, 5.74) is 0.859. The summed E-state index contributed by atoms with van der Waals surface area (Å²) in [5.74, 6) is -0.950. The summed E-state index contributed by atoms with van der Waals surface area (Å²) < 4.78 is 33.0. The fourth-order valence-electron chi connectivity index (χ4n) is 4.52.